The summed E-state index contributed by atoms with van der Waals surface area (Å²) in [6, 6.07) is 10.7. The van der Waals surface area contributed by atoms with Crippen molar-refractivity contribution in [3.05, 3.63) is 70.0 Å². The Morgan fingerprint density at radius 3 is 2.68 bits per heavy atom. The van der Waals surface area contributed by atoms with E-state index < -0.39 is 5.76 Å². The monoisotopic (exact) mass is 300 g/mol. The van der Waals surface area contributed by atoms with Gasteiger partial charge in [-0.3, -0.25) is 9.36 Å². The van der Waals surface area contributed by atoms with Crippen LogP contribution in [0.2, 0.25) is 0 Å². The number of rotatable bonds is 3. The fourth-order valence-electron chi connectivity index (χ4n) is 2.15. The third kappa shape index (κ3) is 2.63. The predicted octanol–water partition coefficient (Wildman–Crippen LogP) is 2.20. The third-order valence-electron chi connectivity index (χ3n) is 3.42. The Labute approximate surface area is 125 Å². The molecule has 5 nitrogen and oxygen atoms in total. The number of hydrogen-bond acceptors (Lipinski definition) is 3. The first-order valence-corrected chi connectivity index (χ1v) is 6.67. The molecule has 0 saturated heterocycles. The van der Waals surface area contributed by atoms with Crippen molar-refractivity contribution in [1.29, 1.82) is 0 Å². The fraction of sp³-hybridized carbons (Fsp3) is 0.125. The third-order valence-corrected chi connectivity index (χ3v) is 3.42. The Morgan fingerprint density at radius 2 is 1.95 bits per heavy atom. The van der Waals surface area contributed by atoms with Crippen molar-refractivity contribution >= 4 is 17.0 Å². The SMILES string of the molecule is Cn1c(=O)oc2ccc(C(=O)NCc3ccc(F)cc3)cc21. The second kappa shape index (κ2) is 5.48. The van der Waals surface area contributed by atoms with E-state index >= 15 is 0 Å². The number of halogens is 1. The lowest BCUT2D eigenvalue weighted by Crippen LogP contribution is -2.22. The Hall–Kier alpha value is -2.89. The first kappa shape index (κ1) is 14.1. The maximum absolute atomic E-state index is 12.8. The molecular formula is C16H13FN2O3. The lowest BCUT2D eigenvalue weighted by atomic mass is 10.1. The summed E-state index contributed by atoms with van der Waals surface area (Å²) in [6.45, 7) is 0.293. The molecule has 1 heterocycles. The van der Waals surface area contributed by atoms with Crippen LogP contribution in [0.3, 0.4) is 0 Å². The van der Waals surface area contributed by atoms with Crippen LogP contribution in [-0.2, 0) is 13.6 Å². The van der Waals surface area contributed by atoms with Crippen LogP contribution in [0.25, 0.3) is 11.1 Å². The highest BCUT2D eigenvalue weighted by atomic mass is 19.1. The zero-order valence-corrected chi connectivity index (χ0v) is 11.8. The molecule has 0 fully saturated rings. The Morgan fingerprint density at radius 1 is 1.23 bits per heavy atom. The number of fused-ring (bicyclic) bond motifs is 1. The molecule has 0 unspecified atom stereocenters. The Balaban J connectivity index is 1.78. The van der Waals surface area contributed by atoms with Crippen molar-refractivity contribution in [2.45, 2.75) is 6.54 Å². The van der Waals surface area contributed by atoms with Crippen LogP contribution in [0.5, 0.6) is 0 Å². The number of amides is 1. The summed E-state index contributed by atoms with van der Waals surface area (Å²) in [7, 11) is 1.58. The van der Waals surface area contributed by atoms with Gasteiger partial charge < -0.3 is 9.73 Å². The molecule has 0 spiro atoms. The number of carbonyl (C=O) groups is 1. The van der Waals surface area contributed by atoms with Gasteiger partial charge in [0.15, 0.2) is 5.58 Å². The number of oxazole rings is 1. The number of nitrogens with zero attached hydrogens (tertiary/aromatic N) is 1. The standard InChI is InChI=1S/C16H13FN2O3/c1-19-13-8-11(4-7-14(13)22-16(19)21)15(20)18-9-10-2-5-12(17)6-3-10/h2-8H,9H2,1H3,(H,18,20). The molecular weight excluding hydrogens is 287 g/mol. The Bertz CT molecular complexity index is 894. The van der Waals surface area contributed by atoms with E-state index in [0.717, 1.165) is 5.56 Å². The van der Waals surface area contributed by atoms with Crippen molar-refractivity contribution in [3.8, 4) is 0 Å². The second-order valence-electron chi connectivity index (χ2n) is 4.92. The van der Waals surface area contributed by atoms with Crippen LogP contribution in [0.1, 0.15) is 15.9 Å². The van der Waals surface area contributed by atoms with Crippen molar-refractivity contribution in [1.82, 2.24) is 9.88 Å². The number of benzene rings is 2. The zero-order valence-electron chi connectivity index (χ0n) is 11.8. The summed E-state index contributed by atoms with van der Waals surface area (Å²) in [4.78, 5) is 23.6. The van der Waals surface area contributed by atoms with Crippen LogP contribution >= 0.6 is 0 Å². The molecule has 2 aromatic carbocycles. The quantitative estimate of drug-likeness (QED) is 0.806. The number of aryl methyl sites for hydroxylation is 1. The van der Waals surface area contributed by atoms with Crippen LogP contribution in [0.4, 0.5) is 4.39 Å². The summed E-state index contributed by atoms with van der Waals surface area (Å²) in [5.41, 5.74) is 2.21. The van der Waals surface area contributed by atoms with Gasteiger partial charge in [0.25, 0.3) is 5.91 Å². The maximum atomic E-state index is 12.8. The van der Waals surface area contributed by atoms with Crippen LogP contribution in [-0.4, -0.2) is 10.5 Å². The summed E-state index contributed by atoms with van der Waals surface area (Å²) in [5.74, 6) is -1.07. The van der Waals surface area contributed by atoms with Gasteiger partial charge in [0, 0.05) is 19.2 Å². The summed E-state index contributed by atoms with van der Waals surface area (Å²) in [5, 5.41) is 2.75. The van der Waals surface area contributed by atoms with Crippen LogP contribution in [0.15, 0.2) is 51.7 Å². The van der Waals surface area contributed by atoms with Gasteiger partial charge in [-0.05, 0) is 35.9 Å². The smallest absolute Gasteiger partial charge is 0.408 e. The number of aromatic nitrogens is 1. The van der Waals surface area contributed by atoms with E-state index in [4.69, 9.17) is 4.42 Å². The second-order valence-corrected chi connectivity index (χ2v) is 4.92. The van der Waals surface area contributed by atoms with Gasteiger partial charge in [0.05, 0.1) is 5.52 Å². The Kier molecular flexibility index (Phi) is 3.50. The van der Waals surface area contributed by atoms with E-state index in [9.17, 15) is 14.0 Å². The molecule has 0 saturated carbocycles. The molecule has 3 aromatic rings. The molecule has 0 atom stereocenters. The molecule has 6 heteroatoms. The summed E-state index contributed by atoms with van der Waals surface area (Å²) < 4.78 is 19.2. The van der Waals surface area contributed by atoms with Gasteiger partial charge in [-0.15, -0.1) is 0 Å². The topological polar surface area (TPSA) is 64.2 Å². The molecule has 3 rings (SSSR count). The van der Waals surface area contributed by atoms with Crippen molar-refractivity contribution < 1.29 is 13.6 Å². The molecule has 0 bridgehead atoms. The lowest BCUT2D eigenvalue weighted by Gasteiger charge is -2.05. The molecule has 22 heavy (non-hydrogen) atoms. The minimum absolute atomic E-state index is 0.278. The average molecular weight is 300 g/mol. The molecule has 1 N–H and O–H groups in total. The highest BCUT2D eigenvalue weighted by Crippen LogP contribution is 2.14. The number of nitrogens with one attached hydrogen (secondary N) is 1. The first-order chi connectivity index (χ1) is 10.5. The molecule has 0 aliphatic heterocycles. The molecule has 1 aromatic heterocycles. The molecule has 0 radical (unpaired) electrons. The maximum Gasteiger partial charge on any atom is 0.419 e. The van der Waals surface area contributed by atoms with Gasteiger partial charge in [0.1, 0.15) is 5.82 Å². The van der Waals surface area contributed by atoms with Gasteiger partial charge >= 0.3 is 5.76 Å². The van der Waals surface area contributed by atoms with E-state index in [-0.39, 0.29) is 11.7 Å². The van der Waals surface area contributed by atoms with Gasteiger partial charge in [-0.2, -0.15) is 0 Å². The van der Waals surface area contributed by atoms with Crippen molar-refractivity contribution in [3.63, 3.8) is 0 Å². The molecule has 1 amide bonds. The van der Waals surface area contributed by atoms with Crippen LogP contribution < -0.4 is 11.1 Å². The number of hydrogen-bond donors (Lipinski definition) is 1. The van der Waals surface area contributed by atoms with E-state index in [0.29, 0.717) is 23.2 Å². The minimum atomic E-state index is -0.473. The summed E-state index contributed by atoms with van der Waals surface area (Å²) >= 11 is 0. The normalized spacial score (nSPS) is 10.8. The number of carbonyl (C=O) groups excluding carboxylic acids is 1. The summed E-state index contributed by atoms with van der Waals surface area (Å²) in [6.07, 6.45) is 0. The van der Waals surface area contributed by atoms with Crippen molar-refractivity contribution in [2.75, 3.05) is 0 Å². The lowest BCUT2D eigenvalue weighted by molar-refractivity contribution is 0.0951. The zero-order chi connectivity index (χ0) is 15.7. The van der Waals surface area contributed by atoms with Crippen LogP contribution in [0, 0.1) is 5.82 Å². The van der Waals surface area contributed by atoms with Crippen molar-refractivity contribution in [2.24, 2.45) is 7.05 Å². The average Bonchev–Trinajstić information content (AvgIpc) is 2.81. The highest BCUT2D eigenvalue weighted by molar-refractivity contribution is 5.97. The predicted molar refractivity (Wildman–Crippen MR) is 79.0 cm³/mol. The van der Waals surface area contributed by atoms with Gasteiger partial charge in [-0.25, -0.2) is 9.18 Å². The minimum Gasteiger partial charge on any atom is -0.408 e. The van der Waals surface area contributed by atoms with E-state index in [1.54, 1.807) is 37.4 Å². The molecule has 0 aliphatic carbocycles. The van der Waals surface area contributed by atoms with E-state index in [2.05, 4.69) is 5.32 Å². The fourth-order valence-corrected chi connectivity index (χ4v) is 2.15. The van der Waals surface area contributed by atoms with Gasteiger partial charge in [-0.1, -0.05) is 12.1 Å². The van der Waals surface area contributed by atoms with E-state index in [1.165, 1.54) is 16.7 Å². The largest absolute Gasteiger partial charge is 0.419 e. The van der Waals surface area contributed by atoms with E-state index in [1.807, 2.05) is 0 Å². The van der Waals surface area contributed by atoms with Gasteiger partial charge in [0.2, 0.25) is 0 Å². The molecule has 112 valence electrons. The molecule has 0 aliphatic rings. The first-order valence-electron chi connectivity index (χ1n) is 6.67. The highest BCUT2D eigenvalue weighted by Gasteiger charge is 2.11.